The van der Waals surface area contributed by atoms with Gasteiger partial charge < -0.3 is 21.7 Å². The highest BCUT2D eigenvalue weighted by Gasteiger charge is 2.19. The van der Waals surface area contributed by atoms with Crippen molar-refractivity contribution < 1.29 is 19.6 Å². The minimum absolute atomic E-state index is 0.0662. The van der Waals surface area contributed by atoms with Crippen LogP contribution >= 0.6 is 0 Å². The molecule has 0 aliphatic heterocycles. The molecule has 0 saturated heterocycles. The van der Waals surface area contributed by atoms with Gasteiger partial charge in [-0.2, -0.15) is 0 Å². The van der Waals surface area contributed by atoms with Gasteiger partial charge in [-0.15, -0.1) is 0 Å². The molecule has 9 nitrogen and oxygen atoms in total. The zero-order chi connectivity index (χ0) is 25.8. The van der Waals surface area contributed by atoms with E-state index in [1.807, 2.05) is 24.3 Å². The quantitative estimate of drug-likeness (QED) is 0.179. The molecule has 190 valence electrons. The van der Waals surface area contributed by atoms with Gasteiger partial charge in [-0.05, 0) is 73.8 Å². The van der Waals surface area contributed by atoms with Gasteiger partial charge in [0.05, 0.1) is 6.54 Å². The first-order valence-electron chi connectivity index (χ1n) is 12.2. The van der Waals surface area contributed by atoms with Crippen LogP contribution in [-0.4, -0.2) is 48.6 Å². The molecule has 0 heterocycles. The van der Waals surface area contributed by atoms with E-state index in [2.05, 4.69) is 27.8 Å². The van der Waals surface area contributed by atoms with E-state index in [1.165, 1.54) is 37.6 Å². The Hall–Kier alpha value is -3.71. The van der Waals surface area contributed by atoms with E-state index >= 15 is 0 Å². The summed E-state index contributed by atoms with van der Waals surface area (Å²) in [6, 6.07) is 12.8. The van der Waals surface area contributed by atoms with Crippen molar-refractivity contribution >= 4 is 23.4 Å². The number of hydrogen-bond donors (Lipinski definition) is 6. The van der Waals surface area contributed by atoms with Crippen LogP contribution in [-0.2, 0) is 9.59 Å². The fourth-order valence-electron chi connectivity index (χ4n) is 4.02. The third-order valence-electron chi connectivity index (χ3n) is 6.08. The Bertz CT molecular complexity index is 1080. The minimum Gasteiger partial charge on any atom is -0.339 e. The average Bonchev–Trinajstić information content (AvgIpc) is 2.91. The van der Waals surface area contributed by atoms with Crippen molar-refractivity contribution in [3.63, 3.8) is 0 Å². The van der Waals surface area contributed by atoms with Gasteiger partial charge in [-0.3, -0.25) is 19.6 Å². The Kier molecular flexibility index (Phi) is 10.5. The number of rotatable bonds is 9. The average molecular weight is 492 g/mol. The molecule has 9 heteroatoms. The molecule has 3 amide bonds. The maximum atomic E-state index is 12.3. The van der Waals surface area contributed by atoms with Crippen molar-refractivity contribution in [1.29, 1.82) is 0 Å². The number of hydrogen-bond acceptors (Lipinski definition) is 6. The van der Waals surface area contributed by atoms with Gasteiger partial charge in [-0.25, -0.2) is 5.48 Å². The molecule has 2 aromatic carbocycles. The zero-order valence-corrected chi connectivity index (χ0v) is 20.2. The van der Waals surface area contributed by atoms with Crippen LogP contribution in [0.4, 0.5) is 5.69 Å². The number of nitrogens with two attached hydrogens (primary N) is 1. The number of nitrogens with one attached hydrogen (secondary N) is 4. The summed E-state index contributed by atoms with van der Waals surface area (Å²) in [5.41, 5.74) is 9.45. The lowest BCUT2D eigenvalue weighted by Crippen LogP contribution is -2.50. The van der Waals surface area contributed by atoms with Crippen molar-refractivity contribution in [1.82, 2.24) is 16.1 Å². The molecule has 0 spiro atoms. The topological polar surface area (TPSA) is 146 Å². The lowest BCUT2D eigenvalue weighted by atomic mass is 9.89. The van der Waals surface area contributed by atoms with Crippen molar-refractivity contribution in [2.75, 3.05) is 25.0 Å². The van der Waals surface area contributed by atoms with Crippen LogP contribution in [0.1, 0.15) is 53.6 Å². The molecule has 1 atom stereocenters. The number of carbonyl (C=O) groups excluding carboxylic acids is 3. The summed E-state index contributed by atoms with van der Waals surface area (Å²) in [7, 11) is 0. The molecule has 2 aromatic rings. The fraction of sp³-hybridized carbons (Fsp3) is 0.370. The maximum Gasteiger partial charge on any atom is 0.267 e. The van der Waals surface area contributed by atoms with Crippen LogP contribution in [0.15, 0.2) is 48.5 Å². The highest BCUT2D eigenvalue weighted by Crippen LogP contribution is 2.22. The Morgan fingerprint density at radius 2 is 1.56 bits per heavy atom. The van der Waals surface area contributed by atoms with Crippen LogP contribution in [0.2, 0.25) is 0 Å². The van der Waals surface area contributed by atoms with Crippen LogP contribution in [0.25, 0.3) is 0 Å². The van der Waals surface area contributed by atoms with Crippen LogP contribution < -0.4 is 27.2 Å². The Morgan fingerprint density at radius 1 is 0.944 bits per heavy atom. The number of hydroxylamine groups is 1. The molecule has 3 rings (SSSR count). The van der Waals surface area contributed by atoms with Crippen molar-refractivity contribution in [2.45, 2.75) is 38.1 Å². The predicted octanol–water partition coefficient (Wildman–Crippen LogP) is 1.76. The standard InChI is InChI=1S/C27H33N5O4/c28-16-24(27(35)32-36)31-26(34)22-12-8-19(9-13-22)6-7-20-10-14-23(15-11-20)30-25(33)18-29-17-21-4-2-1-3-5-21/h8-15,21,24,29,36H,1-5,16-18,28H2,(H,30,33)(H,31,34)(H,32,35)/t24-/m0/s1. The lowest BCUT2D eigenvalue weighted by Gasteiger charge is -2.21. The van der Waals surface area contributed by atoms with Crippen LogP contribution in [0.5, 0.6) is 0 Å². The molecule has 0 aromatic heterocycles. The summed E-state index contributed by atoms with van der Waals surface area (Å²) >= 11 is 0. The van der Waals surface area contributed by atoms with Crippen molar-refractivity contribution in [3.05, 3.63) is 65.2 Å². The van der Waals surface area contributed by atoms with E-state index in [1.54, 1.807) is 24.3 Å². The SMILES string of the molecule is NC[C@H](NC(=O)c1ccc(C#Cc2ccc(NC(=O)CNCC3CCCCC3)cc2)cc1)C(=O)NO. The summed E-state index contributed by atoms with van der Waals surface area (Å²) < 4.78 is 0. The first kappa shape index (κ1) is 26.9. The molecule has 1 fully saturated rings. The molecule has 0 radical (unpaired) electrons. The molecule has 0 bridgehead atoms. The maximum absolute atomic E-state index is 12.3. The molecule has 36 heavy (non-hydrogen) atoms. The van der Waals surface area contributed by atoms with Gasteiger partial charge in [0, 0.05) is 28.9 Å². The Balaban J connectivity index is 1.47. The van der Waals surface area contributed by atoms with Gasteiger partial charge in [0.1, 0.15) is 6.04 Å². The fourth-order valence-corrected chi connectivity index (χ4v) is 4.02. The van der Waals surface area contributed by atoms with E-state index in [0.717, 1.165) is 12.1 Å². The van der Waals surface area contributed by atoms with Crippen LogP contribution in [0.3, 0.4) is 0 Å². The molecular weight excluding hydrogens is 458 g/mol. The van der Waals surface area contributed by atoms with Gasteiger partial charge in [-0.1, -0.05) is 31.1 Å². The monoisotopic (exact) mass is 491 g/mol. The summed E-state index contributed by atoms with van der Waals surface area (Å²) in [6.45, 7) is 1.04. The number of amides is 3. The second-order valence-corrected chi connectivity index (χ2v) is 8.83. The predicted molar refractivity (Wildman–Crippen MR) is 137 cm³/mol. The van der Waals surface area contributed by atoms with Crippen molar-refractivity contribution in [2.24, 2.45) is 11.7 Å². The Labute approximate surface area is 211 Å². The number of anilines is 1. The van der Waals surface area contributed by atoms with Gasteiger partial charge >= 0.3 is 0 Å². The van der Waals surface area contributed by atoms with E-state index in [0.29, 0.717) is 29.3 Å². The molecule has 0 unspecified atom stereocenters. The zero-order valence-electron chi connectivity index (χ0n) is 20.2. The third kappa shape index (κ3) is 8.50. The third-order valence-corrected chi connectivity index (χ3v) is 6.08. The van der Waals surface area contributed by atoms with Gasteiger partial charge in [0.15, 0.2) is 0 Å². The summed E-state index contributed by atoms with van der Waals surface area (Å²) in [5, 5.41) is 17.3. The number of carbonyl (C=O) groups is 3. The highest BCUT2D eigenvalue weighted by atomic mass is 16.5. The summed E-state index contributed by atoms with van der Waals surface area (Å²) in [6.07, 6.45) is 6.40. The lowest BCUT2D eigenvalue weighted by molar-refractivity contribution is -0.130. The highest BCUT2D eigenvalue weighted by molar-refractivity contribution is 5.97. The second-order valence-electron chi connectivity index (χ2n) is 8.83. The van der Waals surface area contributed by atoms with E-state index in [4.69, 9.17) is 10.9 Å². The molecule has 1 aliphatic rings. The summed E-state index contributed by atoms with van der Waals surface area (Å²) in [4.78, 5) is 35.9. The number of benzene rings is 2. The Morgan fingerprint density at radius 3 is 2.14 bits per heavy atom. The van der Waals surface area contributed by atoms with Crippen molar-refractivity contribution in [3.8, 4) is 11.8 Å². The largest absolute Gasteiger partial charge is 0.339 e. The van der Waals surface area contributed by atoms with Gasteiger partial charge in [0.2, 0.25) is 5.91 Å². The second kappa shape index (κ2) is 14.0. The van der Waals surface area contributed by atoms with Crippen LogP contribution in [0, 0.1) is 17.8 Å². The normalized spacial score (nSPS) is 14.2. The van der Waals surface area contributed by atoms with E-state index in [-0.39, 0.29) is 12.5 Å². The van der Waals surface area contributed by atoms with E-state index < -0.39 is 17.9 Å². The molecule has 1 aliphatic carbocycles. The summed E-state index contributed by atoms with van der Waals surface area (Å²) in [5.74, 6) is 5.42. The first-order chi connectivity index (χ1) is 17.5. The first-order valence-corrected chi connectivity index (χ1v) is 12.2. The molecule has 7 N–H and O–H groups in total. The smallest absolute Gasteiger partial charge is 0.267 e. The van der Waals surface area contributed by atoms with Gasteiger partial charge in [0.25, 0.3) is 11.8 Å². The minimum atomic E-state index is -1.03. The molecular formula is C27H33N5O4. The molecule has 1 saturated carbocycles. The van der Waals surface area contributed by atoms with E-state index in [9.17, 15) is 14.4 Å².